The van der Waals surface area contributed by atoms with Gasteiger partial charge in [-0.25, -0.2) is 4.79 Å². The van der Waals surface area contributed by atoms with Gasteiger partial charge >= 0.3 is 6.09 Å². The molecule has 0 fully saturated rings. The van der Waals surface area contributed by atoms with Crippen molar-refractivity contribution in [1.29, 1.82) is 0 Å². The van der Waals surface area contributed by atoms with E-state index in [9.17, 15) is 4.79 Å². The van der Waals surface area contributed by atoms with Crippen LogP contribution in [-0.4, -0.2) is 24.2 Å². The predicted octanol–water partition coefficient (Wildman–Crippen LogP) is 5.31. The second-order valence-corrected chi connectivity index (χ2v) is 7.26. The predicted molar refractivity (Wildman–Crippen MR) is 123 cm³/mol. The number of fused-ring (bicyclic) bond motifs is 1. The highest BCUT2D eigenvalue weighted by Crippen LogP contribution is 2.37. The van der Waals surface area contributed by atoms with Crippen molar-refractivity contribution in [3.05, 3.63) is 84.2 Å². The fourth-order valence-electron chi connectivity index (χ4n) is 3.33. The van der Waals surface area contributed by atoms with Gasteiger partial charge in [0.15, 0.2) is 0 Å². The SMILES string of the molecule is Cc1c(OC(=O)Nc2ccccc2)oc2cccc(OCCCNCc3cccnc3)c12. The number of carbonyl (C=O) groups excluding carboxylic acids is 1. The number of aromatic nitrogens is 1. The van der Waals surface area contributed by atoms with Crippen molar-refractivity contribution in [3.63, 3.8) is 0 Å². The molecule has 164 valence electrons. The first-order chi connectivity index (χ1) is 15.7. The zero-order valence-electron chi connectivity index (χ0n) is 17.8. The summed E-state index contributed by atoms with van der Waals surface area (Å²) in [6.45, 7) is 3.99. The molecule has 0 aliphatic carbocycles. The first-order valence-corrected chi connectivity index (χ1v) is 10.5. The molecule has 32 heavy (non-hydrogen) atoms. The Kier molecular flexibility index (Phi) is 6.99. The Bertz CT molecular complexity index is 1160. The minimum Gasteiger partial charge on any atom is -0.493 e. The molecule has 0 unspecified atom stereocenters. The maximum Gasteiger partial charge on any atom is 0.419 e. The number of nitrogens with one attached hydrogen (secondary N) is 2. The van der Waals surface area contributed by atoms with Crippen LogP contribution in [0.2, 0.25) is 0 Å². The number of amides is 1. The van der Waals surface area contributed by atoms with Crippen molar-refractivity contribution in [3.8, 4) is 11.7 Å². The monoisotopic (exact) mass is 431 g/mol. The highest BCUT2D eigenvalue weighted by molar-refractivity contribution is 5.91. The summed E-state index contributed by atoms with van der Waals surface area (Å²) in [5.74, 6) is 0.858. The number of nitrogens with zero attached hydrogens (tertiary/aromatic N) is 1. The second kappa shape index (κ2) is 10.5. The van der Waals surface area contributed by atoms with Crippen molar-refractivity contribution in [2.45, 2.75) is 19.9 Å². The number of furan rings is 1. The standard InChI is InChI=1S/C25H25N3O4/c1-18-23-21(30-15-7-14-27-17-19-8-6-13-26-16-19)11-5-12-22(23)31-24(18)32-25(29)28-20-9-3-2-4-10-20/h2-6,8-13,16,27H,7,14-15,17H2,1H3,(H,28,29). The van der Waals surface area contributed by atoms with Gasteiger partial charge in [-0.3, -0.25) is 10.3 Å². The molecule has 0 saturated heterocycles. The molecule has 4 aromatic rings. The van der Waals surface area contributed by atoms with Crippen molar-refractivity contribution in [2.75, 3.05) is 18.5 Å². The Morgan fingerprint density at radius 3 is 2.75 bits per heavy atom. The molecule has 2 N–H and O–H groups in total. The van der Waals surface area contributed by atoms with Crippen LogP contribution in [0.4, 0.5) is 10.5 Å². The van der Waals surface area contributed by atoms with E-state index in [2.05, 4.69) is 15.6 Å². The van der Waals surface area contributed by atoms with Crippen LogP contribution in [0.25, 0.3) is 11.0 Å². The van der Waals surface area contributed by atoms with Gasteiger partial charge in [0.25, 0.3) is 5.95 Å². The zero-order chi connectivity index (χ0) is 22.2. The topological polar surface area (TPSA) is 85.6 Å². The van der Waals surface area contributed by atoms with E-state index >= 15 is 0 Å². The van der Waals surface area contributed by atoms with Gasteiger partial charge in [0.2, 0.25) is 0 Å². The van der Waals surface area contributed by atoms with Crippen LogP contribution >= 0.6 is 0 Å². The van der Waals surface area contributed by atoms with Crippen molar-refractivity contribution >= 4 is 22.7 Å². The van der Waals surface area contributed by atoms with Gasteiger partial charge in [-0.2, -0.15) is 0 Å². The molecule has 0 spiro atoms. The van der Waals surface area contributed by atoms with Gasteiger partial charge in [0.05, 0.1) is 12.0 Å². The molecule has 0 saturated carbocycles. The molecular weight excluding hydrogens is 406 g/mol. The van der Waals surface area contributed by atoms with E-state index in [1.807, 2.05) is 61.7 Å². The van der Waals surface area contributed by atoms with E-state index in [4.69, 9.17) is 13.9 Å². The van der Waals surface area contributed by atoms with E-state index < -0.39 is 6.09 Å². The number of para-hydroxylation sites is 1. The van der Waals surface area contributed by atoms with Crippen molar-refractivity contribution in [1.82, 2.24) is 10.3 Å². The van der Waals surface area contributed by atoms with Gasteiger partial charge in [0, 0.05) is 30.2 Å². The molecule has 2 aromatic carbocycles. The molecular formula is C25H25N3O4. The molecule has 0 radical (unpaired) electrons. The Morgan fingerprint density at radius 1 is 1.06 bits per heavy atom. The first kappa shape index (κ1) is 21.4. The molecule has 0 aliphatic rings. The fourth-order valence-corrected chi connectivity index (χ4v) is 3.33. The Balaban J connectivity index is 1.32. The number of hydrogen-bond acceptors (Lipinski definition) is 6. The van der Waals surface area contributed by atoms with Gasteiger partial charge in [-0.1, -0.05) is 30.3 Å². The van der Waals surface area contributed by atoms with Gasteiger partial charge < -0.3 is 19.2 Å². The quantitative estimate of drug-likeness (QED) is 0.350. The first-order valence-electron chi connectivity index (χ1n) is 10.5. The molecule has 1 amide bonds. The molecule has 0 bridgehead atoms. The van der Waals surface area contributed by atoms with E-state index in [-0.39, 0.29) is 5.95 Å². The summed E-state index contributed by atoms with van der Waals surface area (Å²) in [5, 5.41) is 6.86. The maximum absolute atomic E-state index is 12.2. The van der Waals surface area contributed by atoms with E-state index in [0.29, 0.717) is 29.2 Å². The third-order valence-electron chi connectivity index (χ3n) is 4.88. The van der Waals surface area contributed by atoms with Gasteiger partial charge in [0.1, 0.15) is 11.3 Å². The Morgan fingerprint density at radius 2 is 1.94 bits per heavy atom. The Labute approximate surface area is 186 Å². The largest absolute Gasteiger partial charge is 0.493 e. The number of ether oxygens (including phenoxy) is 2. The molecule has 7 nitrogen and oxygen atoms in total. The average molecular weight is 431 g/mol. The van der Waals surface area contributed by atoms with Crippen molar-refractivity contribution < 1.29 is 18.7 Å². The Hall–Kier alpha value is -3.84. The zero-order valence-corrected chi connectivity index (χ0v) is 17.8. The highest BCUT2D eigenvalue weighted by Gasteiger charge is 2.18. The molecule has 2 aromatic heterocycles. The number of pyridine rings is 1. The summed E-state index contributed by atoms with van der Waals surface area (Å²) in [5.41, 5.74) is 3.12. The number of hydrogen-bond donors (Lipinski definition) is 2. The average Bonchev–Trinajstić information content (AvgIpc) is 3.13. The van der Waals surface area contributed by atoms with Crippen LogP contribution < -0.4 is 20.1 Å². The third-order valence-corrected chi connectivity index (χ3v) is 4.88. The van der Waals surface area contributed by atoms with E-state index in [0.717, 1.165) is 30.5 Å². The molecule has 0 aliphatic heterocycles. The third kappa shape index (κ3) is 5.44. The molecule has 0 atom stereocenters. The normalized spacial score (nSPS) is 10.8. The van der Waals surface area contributed by atoms with Gasteiger partial charge in [-0.05, 0) is 55.8 Å². The summed E-state index contributed by atoms with van der Waals surface area (Å²) in [4.78, 5) is 16.3. The lowest BCUT2D eigenvalue weighted by atomic mass is 10.1. The lowest BCUT2D eigenvalue weighted by molar-refractivity contribution is 0.203. The number of carbonyl (C=O) groups is 1. The summed E-state index contributed by atoms with van der Waals surface area (Å²) >= 11 is 0. The second-order valence-electron chi connectivity index (χ2n) is 7.26. The van der Waals surface area contributed by atoms with Gasteiger partial charge in [-0.15, -0.1) is 0 Å². The summed E-state index contributed by atoms with van der Waals surface area (Å²) in [6.07, 6.45) is 3.85. The molecule has 4 rings (SSSR count). The molecule has 7 heteroatoms. The van der Waals surface area contributed by atoms with Crippen LogP contribution in [0.5, 0.6) is 11.7 Å². The number of anilines is 1. The minimum atomic E-state index is -0.611. The highest BCUT2D eigenvalue weighted by atomic mass is 16.6. The van der Waals surface area contributed by atoms with Crippen LogP contribution in [0.3, 0.4) is 0 Å². The fraction of sp³-hybridized carbons (Fsp3) is 0.200. The number of aryl methyl sites for hydroxylation is 1. The summed E-state index contributed by atoms with van der Waals surface area (Å²) < 4.78 is 17.2. The van der Waals surface area contributed by atoms with Crippen LogP contribution in [-0.2, 0) is 6.54 Å². The lowest BCUT2D eigenvalue weighted by Gasteiger charge is -2.08. The van der Waals surface area contributed by atoms with Crippen LogP contribution in [0.1, 0.15) is 17.5 Å². The van der Waals surface area contributed by atoms with E-state index in [1.165, 1.54) is 0 Å². The smallest absolute Gasteiger partial charge is 0.419 e. The van der Waals surface area contributed by atoms with Crippen molar-refractivity contribution in [2.24, 2.45) is 0 Å². The number of rotatable bonds is 9. The lowest BCUT2D eigenvalue weighted by Crippen LogP contribution is -2.17. The minimum absolute atomic E-state index is 0.155. The summed E-state index contributed by atoms with van der Waals surface area (Å²) in [7, 11) is 0. The summed E-state index contributed by atoms with van der Waals surface area (Å²) in [6, 6.07) is 18.6. The molecule has 2 heterocycles. The number of benzene rings is 2. The van der Waals surface area contributed by atoms with E-state index in [1.54, 1.807) is 18.3 Å². The maximum atomic E-state index is 12.2. The van der Waals surface area contributed by atoms with Crippen LogP contribution in [0, 0.1) is 6.92 Å². The van der Waals surface area contributed by atoms with Crippen LogP contribution in [0.15, 0.2) is 77.5 Å².